The van der Waals surface area contributed by atoms with Gasteiger partial charge in [-0.2, -0.15) is 0 Å². The molecule has 0 aliphatic carbocycles. The van der Waals surface area contributed by atoms with Gasteiger partial charge in [-0.1, -0.05) is 24.3 Å². The second-order valence-corrected chi connectivity index (χ2v) is 6.43. The van der Waals surface area contributed by atoms with Gasteiger partial charge in [0, 0.05) is 17.4 Å². The number of urea groups is 1. The fraction of sp³-hybridized carbons (Fsp3) is 0.250. The van der Waals surface area contributed by atoms with Crippen LogP contribution in [0.5, 0.6) is 0 Å². The zero-order valence-electron chi connectivity index (χ0n) is 15.0. The number of rotatable bonds is 4. The molecule has 1 aliphatic heterocycles. The number of carbonyl (C=O) groups is 3. The van der Waals surface area contributed by atoms with Crippen molar-refractivity contribution in [3.8, 4) is 0 Å². The van der Waals surface area contributed by atoms with Crippen molar-refractivity contribution in [1.82, 2.24) is 0 Å². The van der Waals surface area contributed by atoms with Crippen molar-refractivity contribution in [3.05, 3.63) is 59.7 Å². The van der Waals surface area contributed by atoms with E-state index in [2.05, 4.69) is 5.32 Å². The standard InChI is InChI=1S/C20H21N3O4/c1-13-9-10-14-5-2-3-8-17(14)23(13)18(24)12-27-19(25)15-6-4-7-16(11-15)22-20(21)26/h2-8,11,13H,9-10,12H2,1H3,(H3,21,22,26). The Morgan fingerprint density at radius 2 is 1.96 bits per heavy atom. The summed E-state index contributed by atoms with van der Waals surface area (Å²) in [5.74, 6) is -0.913. The number of nitrogens with two attached hydrogens (primary N) is 1. The lowest BCUT2D eigenvalue weighted by atomic mass is 9.96. The summed E-state index contributed by atoms with van der Waals surface area (Å²) in [6, 6.07) is 13.2. The Morgan fingerprint density at radius 3 is 2.74 bits per heavy atom. The number of aryl methyl sites for hydroxylation is 1. The first-order valence-corrected chi connectivity index (χ1v) is 8.69. The average molecular weight is 367 g/mol. The summed E-state index contributed by atoms with van der Waals surface area (Å²) in [7, 11) is 0. The van der Waals surface area contributed by atoms with Crippen LogP contribution in [0.4, 0.5) is 16.2 Å². The molecule has 1 heterocycles. The first kappa shape index (κ1) is 18.4. The Balaban J connectivity index is 1.67. The van der Waals surface area contributed by atoms with Crippen LogP contribution in [-0.2, 0) is 16.0 Å². The van der Waals surface area contributed by atoms with E-state index in [9.17, 15) is 14.4 Å². The predicted molar refractivity (Wildman–Crippen MR) is 102 cm³/mol. The molecule has 7 heteroatoms. The summed E-state index contributed by atoms with van der Waals surface area (Å²) >= 11 is 0. The van der Waals surface area contributed by atoms with E-state index in [4.69, 9.17) is 10.5 Å². The molecule has 0 radical (unpaired) electrons. The van der Waals surface area contributed by atoms with Crippen molar-refractivity contribution in [1.29, 1.82) is 0 Å². The molecule has 0 saturated carbocycles. The lowest BCUT2D eigenvalue weighted by molar-refractivity contribution is -0.122. The van der Waals surface area contributed by atoms with Crippen molar-refractivity contribution >= 4 is 29.3 Å². The third-order valence-corrected chi connectivity index (χ3v) is 4.48. The molecule has 27 heavy (non-hydrogen) atoms. The molecule has 1 aliphatic rings. The topological polar surface area (TPSA) is 102 Å². The monoisotopic (exact) mass is 367 g/mol. The van der Waals surface area contributed by atoms with Crippen molar-refractivity contribution < 1.29 is 19.1 Å². The number of anilines is 2. The van der Waals surface area contributed by atoms with Gasteiger partial charge in [0.15, 0.2) is 6.61 Å². The molecule has 140 valence electrons. The fourth-order valence-electron chi connectivity index (χ4n) is 3.21. The third-order valence-electron chi connectivity index (χ3n) is 4.48. The Bertz CT molecular complexity index is 881. The second-order valence-electron chi connectivity index (χ2n) is 6.43. The van der Waals surface area contributed by atoms with Gasteiger partial charge < -0.3 is 20.7 Å². The molecule has 1 atom stereocenters. The van der Waals surface area contributed by atoms with Crippen molar-refractivity contribution in [2.45, 2.75) is 25.8 Å². The number of hydrogen-bond acceptors (Lipinski definition) is 4. The Morgan fingerprint density at radius 1 is 1.19 bits per heavy atom. The van der Waals surface area contributed by atoms with Gasteiger partial charge in [-0.25, -0.2) is 9.59 Å². The van der Waals surface area contributed by atoms with Gasteiger partial charge in [0.2, 0.25) is 0 Å². The third kappa shape index (κ3) is 4.25. The van der Waals surface area contributed by atoms with Crippen molar-refractivity contribution in [2.24, 2.45) is 5.73 Å². The molecule has 3 amide bonds. The number of ether oxygens (including phenoxy) is 1. The summed E-state index contributed by atoms with van der Waals surface area (Å²) < 4.78 is 5.19. The molecule has 0 saturated heterocycles. The molecule has 2 aromatic carbocycles. The Labute approximate surface area is 157 Å². The maximum Gasteiger partial charge on any atom is 0.338 e. The van der Waals surface area contributed by atoms with Crippen LogP contribution in [0.15, 0.2) is 48.5 Å². The van der Waals surface area contributed by atoms with Gasteiger partial charge in [0.25, 0.3) is 5.91 Å². The van der Waals surface area contributed by atoms with Crippen LogP contribution in [0.25, 0.3) is 0 Å². The molecule has 2 aromatic rings. The molecule has 7 nitrogen and oxygen atoms in total. The summed E-state index contributed by atoms with van der Waals surface area (Å²) in [5, 5.41) is 2.39. The summed E-state index contributed by atoms with van der Waals surface area (Å²) in [4.78, 5) is 37.6. The van der Waals surface area contributed by atoms with E-state index in [1.807, 2.05) is 31.2 Å². The highest BCUT2D eigenvalue weighted by Gasteiger charge is 2.28. The molecule has 0 bridgehead atoms. The predicted octanol–water partition coefficient (Wildman–Crippen LogP) is 2.70. The zero-order chi connectivity index (χ0) is 19.4. The largest absolute Gasteiger partial charge is 0.452 e. The van der Waals surface area contributed by atoms with Crippen LogP contribution in [0, 0.1) is 0 Å². The van der Waals surface area contributed by atoms with Gasteiger partial charge in [-0.3, -0.25) is 4.79 Å². The maximum atomic E-state index is 12.7. The molecule has 3 N–H and O–H groups in total. The number of nitrogens with one attached hydrogen (secondary N) is 1. The fourth-order valence-corrected chi connectivity index (χ4v) is 3.21. The van der Waals surface area contributed by atoms with E-state index >= 15 is 0 Å². The van der Waals surface area contributed by atoms with E-state index in [-0.39, 0.29) is 24.1 Å². The average Bonchev–Trinajstić information content (AvgIpc) is 2.65. The first-order chi connectivity index (χ1) is 13.0. The first-order valence-electron chi connectivity index (χ1n) is 8.69. The highest BCUT2D eigenvalue weighted by molar-refractivity contribution is 5.99. The summed E-state index contributed by atoms with van der Waals surface area (Å²) in [6.07, 6.45) is 1.78. The minimum atomic E-state index is -0.728. The van der Waals surface area contributed by atoms with E-state index in [0.717, 1.165) is 24.1 Å². The molecule has 0 aromatic heterocycles. The molecular weight excluding hydrogens is 346 g/mol. The minimum Gasteiger partial charge on any atom is -0.452 e. The smallest absolute Gasteiger partial charge is 0.338 e. The van der Waals surface area contributed by atoms with Crippen LogP contribution in [0.3, 0.4) is 0 Å². The second kappa shape index (κ2) is 7.90. The number of nitrogens with zero attached hydrogens (tertiary/aromatic N) is 1. The number of carbonyl (C=O) groups excluding carboxylic acids is 3. The highest BCUT2D eigenvalue weighted by atomic mass is 16.5. The molecule has 1 unspecified atom stereocenters. The Hall–Kier alpha value is -3.35. The van der Waals surface area contributed by atoms with E-state index in [1.54, 1.807) is 17.0 Å². The van der Waals surface area contributed by atoms with E-state index in [1.165, 1.54) is 12.1 Å². The highest BCUT2D eigenvalue weighted by Crippen LogP contribution is 2.30. The number of esters is 1. The Kier molecular flexibility index (Phi) is 5.40. The number of benzene rings is 2. The molecule has 3 rings (SSSR count). The van der Waals surface area contributed by atoms with E-state index < -0.39 is 12.0 Å². The van der Waals surface area contributed by atoms with Crippen molar-refractivity contribution in [3.63, 3.8) is 0 Å². The molecule has 0 spiro atoms. The summed E-state index contributed by atoms with van der Waals surface area (Å²) in [6.45, 7) is 1.62. The van der Waals surface area contributed by atoms with Crippen LogP contribution in [0.1, 0.15) is 29.3 Å². The molecular formula is C20H21N3O4. The minimum absolute atomic E-state index is 0.0363. The zero-order valence-corrected chi connectivity index (χ0v) is 15.0. The lowest BCUT2D eigenvalue weighted by Gasteiger charge is -2.35. The molecule has 0 fully saturated rings. The number of hydrogen-bond donors (Lipinski definition) is 2. The van der Waals surface area contributed by atoms with Gasteiger partial charge >= 0.3 is 12.0 Å². The van der Waals surface area contributed by atoms with Crippen molar-refractivity contribution in [2.75, 3.05) is 16.8 Å². The normalized spacial score (nSPS) is 15.6. The summed E-state index contributed by atoms with van der Waals surface area (Å²) in [5.41, 5.74) is 7.64. The van der Waals surface area contributed by atoms with Crippen LogP contribution >= 0.6 is 0 Å². The van der Waals surface area contributed by atoms with Crippen LogP contribution in [0.2, 0.25) is 0 Å². The van der Waals surface area contributed by atoms with Gasteiger partial charge in [0.05, 0.1) is 5.56 Å². The van der Waals surface area contributed by atoms with E-state index in [0.29, 0.717) is 5.69 Å². The van der Waals surface area contributed by atoms with Crippen LogP contribution < -0.4 is 16.0 Å². The van der Waals surface area contributed by atoms with Crippen LogP contribution in [-0.4, -0.2) is 30.6 Å². The number of fused-ring (bicyclic) bond motifs is 1. The maximum absolute atomic E-state index is 12.7. The lowest BCUT2D eigenvalue weighted by Crippen LogP contribution is -2.44. The number of primary amides is 1. The number of para-hydroxylation sites is 1. The SMILES string of the molecule is CC1CCc2ccccc2N1C(=O)COC(=O)c1cccc(NC(N)=O)c1. The van der Waals surface area contributed by atoms with Gasteiger partial charge in [-0.15, -0.1) is 0 Å². The number of amides is 3. The van der Waals surface area contributed by atoms with Gasteiger partial charge in [-0.05, 0) is 49.6 Å². The van der Waals surface area contributed by atoms with Gasteiger partial charge in [0.1, 0.15) is 0 Å². The quantitative estimate of drug-likeness (QED) is 0.811.